The number of thiazole rings is 1. The first kappa shape index (κ1) is 17.9. The summed E-state index contributed by atoms with van der Waals surface area (Å²) in [4.78, 5) is 22.2. The van der Waals surface area contributed by atoms with Crippen LogP contribution < -0.4 is 4.74 Å². The Balaban J connectivity index is 1.41. The summed E-state index contributed by atoms with van der Waals surface area (Å²) in [6, 6.07) is 9.50. The number of amides is 1. The van der Waals surface area contributed by atoms with E-state index in [1.165, 1.54) is 4.88 Å². The van der Waals surface area contributed by atoms with Crippen molar-refractivity contribution >= 4 is 17.2 Å². The quantitative estimate of drug-likeness (QED) is 0.763. The Labute approximate surface area is 153 Å². The zero-order valence-corrected chi connectivity index (χ0v) is 15.7. The number of ether oxygens (including phenoxy) is 1. The zero-order chi connectivity index (χ0) is 17.6. The summed E-state index contributed by atoms with van der Waals surface area (Å²) in [6.07, 6.45) is 1.06. The van der Waals surface area contributed by atoms with E-state index in [4.69, 9.17) is 4.74 Å². The highest BCUT2D eigenvalue weighted by molar-refractivity contribution is 7.09. The van der Waals surface area contributed by atoms with Gasteiger partial charge in [-0.05, 0) is 38.4 Å². The van der Waals surface area contributed by atoms with Gasteiger partial charge in [0.1, 0.15) is 5.75 Å². The highest BCUT2D eigenvalue weighted by Gasteiger charge is 2.27. The van der Waals surface area contributed by atoms with Crippen LogP contribution in [0.25, 0.3) is 0 Å². The van der Waals surface area contributed by atoms with Crippen LogP contribution in [0.2, 0.25) is 0 Å². The Hall–Kier alpha value is -1.92. The fraction of sp³-hybridized carbons (Fsp3) is 0.474. The molecule has 0 radical (unpaired) electrons. The molecule has 25 heavy (non-hydrogen) atoms. The average Bonchev–Trinajstić information content (AvgIpc) is 3.23. The fourth-order valence-corrected chi connectivity index (χ4v) is 4.05. The predicted octanol–water partition coefficient (Wildman–Crippen LogP) is 2.81. The number of aryl methyl sites for hydroxylation is 1. The molecule has 1 aliphatic heterocycles. The predicted molar refractivity (Wildman–Crippen MR) is 99.8 cm³/mol. The topological polar surface area (TPSA) is 45.7 Å². The molecule has 0 saturated carbocycles. The summed E-state index contributed by atoms with van der Waals surface area (Å²) in [5.41, 5.74) is 3.03. The molecule has 0 N–H and O–H groups in total. The molecule has 1 amide bonds. The minimum Gasteiger partial charge on any atom is -0.484 e. The molecule has 0 aliphatic carbocycles. The smallest absolute Gasteiger partial charge is 0.260 e. The van der Waals surface area contributed by atoms with Gasteiger partial charge in [-0.1, -0.05) is 18.2 Å². The van der Waals surface area contributed by atoms with E-state index in [0.717, 1.165) is 44.0 Å². The second kappa shape index (κ2) is 8.45. The van der Waals surface area contributed by atoms with Gasteiger partial charge in [-0.3, -0.25) is 4.79 Å². The maximum absolute atomic E-state index is 12.3. The van der Waals surface area contributed by atoms with Gasteiger partial charge >= 0.3 is 0 Å². The van der Waals surface area contributed by atoms with Crippen LogP contribution in [-0.4, -0.2) is 54.0 Å². The molecule has 1 atom stereocenters. The van der Waals surface area contributed by atoms with Gasteiger partial charge < -0.3 is 14.5 Å². The van der Waals surface area contributed by atoms with Crippen LogP contribution in [0.1, 0.15) is 17.0 Å². The summed E-state index contributed by atoms with van der Waals surface area (Å²) in [5.74, 6) is 1.34. The van der Waals surface area contributed by atoms with Gasteiger partial charge in [-0.25, -0.2) is 4.98 Å². The highest BCUT2D eigenvalue weighted by Crippen LogP contribution is 2.20. The number of para-hydroxylation sites is 1. The number of likely N-dealkylation sites (tertiary alicyclic amines) is 1. The number of nitrogens with zero attached hydrogens (tertiary/aromatic N) is 3. The van der Waals surface area contributed by atoms with Crippen molar-refractivity contribution in [2.45, 2.75) is 19.9 Å². The van der Waals surface area contributed by atoms with Crippen molar-refractivity contribution in [3.8, 4) is 5.75 Å². The van der Waals surface area contributed by atoms with E-state index in [1.54, 1.807) is 11.3 Å². The van der Waals surface area contributed by atoms with E-state index in [1.807, 2.05) is 40.7 Å². The van der Waals surface area contributed by atoms with Gasteiger partial charge in [0.25, 0.3) is 5.91 Å². The first-order chi connectivity index (χ1) is 12.1. The number of benzene rings is 1. The third kappa shape index (κ3) is 5.03. The molecule has 1 saturated heterocycles. The number of aromatic nitrogens is 1. The molecular formula is C19H25N3O2S. The van der Waals surface area contributed by atoms with Gasteiger partial charge in [-0.15, -0.1) is 11.3 Å². The molecule has 134 valence electrons. The lowest BCUT2D eigenvalue weighted by Gasteiger charge is -2.21. The molecule has 2 heterocycles. The Morgan fingerprint density at radius 2 is 2.20 bits per heavy atom. The van der Waals surface area contributed by atoms with Crippen molar-refractivity contribution in [1.82, 2.24) is 14.8 Å². The Morgan fingerprint density at radius 3 is 2.92 bits per heavy atom. The summed E-state index contributed by atoms with van der Waals surface area (Å²) in [6.45, 7) is 5.76. The van der Waals surface area contributed by atoms with Crippen LogP contribution in [0.5, 0.6) is 5.75 Å². The second-order valence-corrected chi connectivity index (χ2v) is 7.59. The van der Waals surface area contributed by atoms with Crippen molar-refractivity contribution in [3.63, 3.8) is 0 Å². The van der Waals surface area contributed by atoms with E-state index in [0.29, 0.717) is 5.92 Å². The van der Waals surface area contributed by atoms with Crippen molar-refractivity contribution in [2.75, 3.05) is 33.3 Å². The first-order valence-corrected chi connectivity index (χ1v) is 9.53. The maximum atomic E-state index is 12.3. The lowest BCUT2D eigenvalue weighted by atomic mass is 10.1. The van der Waals surface area contributed by atoms with E-state index in [-0.39, 0.29) is 12.5 Å². The van der Waals surface area contributed by atoms with Gasteiger partial charge in [0.05, 0.1) is 11.2 Å². The highest BCUT2D eigenvalue weighted by atomic mass is 32.1. The molecule has 1 unspecified atom stereocenters. The van der Waals surface area contributed by atoms with E-state index in [9.17, 15) is 4.79 Å². The Bertz CT molecular complexity index is 689. The minimum atomic E-state index is 0.0762. The van der Waals surface area contributed by atoms with Crippen molar-refractivity contribution in [3.05, 3.63) is 46.4 Å². The second-order valence-electron chi connectivity index (χ2n) is 6.65. The third-order valence-electron chi connectivity index (χ3n) is 4.57. The third-order valence-corrected chi connectivity index (χ3v) is 5.49. The van der Waals surface area contributed by atoms with Crippen LogP contribution in [0, 0.1) is 12.8 Å². The van der Waals surface area contributed by atoms with Crippen LogP contribution in [0.15, 0.2) is 35.8 Å². The SMILES string of the molecule is Cc1ncsc1CN(C)CC1CCN(C(=O)COc2ccccc2)C1. The van der Waals surface area contributed by atoms with Crippen molar-refractivity contribution < 1.29 is 9.53 Å². The van der Waals surface area contributed by atoms with E-state index in [2.05, 4.69) is 23.9 Å². The minimum absolute atomic E-state index is 0.0762. The standard InChI is InChI=1S/C19H25N3O2S/c1-15-18(25-14-20-15)12-21(2)10-16-8-9-22(11-16)19(23)13-24-17-6-4-3-5-7-17/h3-7,14,16H,8-13H2,1-2H3. The lowest BCUT2D eigenvalue weighted by molar-refractivity contribution is -0.132. The van der Waals surface area contributed by atoms with Crippen LogP contribution in [-0.2, 0) is 11.3 Å². The fourth-order valence-electron chi connectivity index (χ4n) is 3.19. The number of rotatable bonds is 7. The number of carbonyl (C=O) groups is 1. The summed E-state index contributed by atoms with van der Waals surface area (Å²) < 4.78 is 5.57. The molecule has 1 aliphatic rings. The van der Waals surface area contributed by atoms with E-state index < -0.39 is 0 Å². The lowest BCUT2D eigenvalue weighted by Crippen LogP contribution is -2.34. The Kier molecular flexibility index (Phi) is 6.04. The normalized spacial score (nSPS) is 17.2. The molecule has 6 heteroatoms. The molecule has 2 aromatic rings. The molecule has 0 spiro atoms. The van der Waals surface area contributed by atoms with Crippen LogP contribution in [0.3, 0.4) is 0 Å². The van der Waals surface area contributed by atoms with Gasteiger partial charge in [-0.2, -0.15) is 0 Å². The van der Waals surface area contributed by atoms with Crippen LogP contribution in [0.4, 0.5) is 0 Å². The summed E-state index contributed by atoms with van der Waals surface area (Å²) in [5, 5.41) is 0. The first-order valence-electron chi connectivity index (χ1n) is 8.65. The monoisotopic (exact) mass is 359 g/mol. The van der Waals surface area contributed by atoms with Crippen molar-refractivity contribution in [1.29, 1.82) is 0 Å². The van der Waals surface area contributed by atoms with Gasteiger partial charge in [0.2, 0.25) is 0 Å². The molecule has 0 bridgehead atoms. The Morgan fingerprint density at radius 1 is 1.40 bits per heavy atom. The number of hydrogen-bond acceptors (Lipinski definition) is 5. The molecule has 5 nitrogen and oxygen atoms in total. The van der Waals surface area contributed by atoms with Gasteiger partial charge in [0.15, 0.2) is 6.61 Å². The molecule has 1 aromatic carbocycles. The zero-order valence-electron chi connectivity index (χ0n) is 14.9. The molecule has 3 rings (SSSR count). The summed E-state index contributed by atoms with van der Waals surface area (Å²) >= 11 is 1.71. The molecule has 1 fully saturated rings. The number of hydrogen-bond donors (Lipinski definition) is 0. The largest absolute Gasteiger partial charge is 0.484 e. The van der Waals surface area contributed by atoms with Crippen molar-refractivity contribution in [2.24, 2.45) is 5.92 Å². The van der Waals surface area contributed by atoms with Crippen LogP contribution >= 0.6 is 11.3 Å². The molecule has 1 aromatic heterocycles. The van der Waals surface area contributed by atoms with Gasteiger partial charge in [0, 0.05) is 31.1 Å². The van der Waals surface area contributed by atoms with E-state index >= 15 is 0 Å². The summed E-state index contributed by atoms with van der Waals surface area (Å²) in [7, 11) is 2.14. The average molecular weight is 359 g/mol. The maximum Gasteiger partial charge on any atom is 0.260 e. The number of carbonyl (C=O) groups excluding carboxylic acids is 1. The molecular weight excluding hydrogens is 334 g/mol.